The lowest BCUT2D eigenvalue weighted by Gasteiger charge is -2.22. The summed E-state index contributed by atoms with van der Waals surface area (Å²) in [5, 5.41) is 3.66. The molecule has 0 radical (unpaired) electrons. The van der Waals surface area contributed by atoms with Gasteiger partial charge in [-0.3, -0.25) is 0 Å². The van der Waals surface area contributed by atoms with Crippen LogP contribution in [-0.4, -0.2) is 24.2 Å². The molecule has 112 valence electrons. The molecule has 0 spiro atoms. The van der Waals surface area contributed by atoms with Crippen LogP contribution in [0.1, 0.15) is 19.3 Å². The van der Waals surface area contributed by atoms with E-state index in [1.807, 2.05) is 6.26 Å². The minimum absolute atomic E-state index is 0.191. The van der Waals surface area contributed by atoms with E-state index in [-0.39, 0.29) is 11.7 Å². The van der Waals surface area contributed by atoms with Crippen LogP contribution in [0.5, 0.6) is 5.75 Å². The summed E-state index contributed by atoms with van der Waals surface area (Å²) in [6.45, 7) is -3.06. The van der Waals surface area contributed by atoms with Crippen molar-refractivity contribution in [3.05, 3.63) is 17.9 Å². The van der Waals surface area contributed by atoms with Gasteiger partial charge in [0.25, 0.3) is 0 Å². The van der Waals surface area contributed by atoms with Gasteiger partial charge < -0.3 is 15.8 Å². The fraction of sp³-hybridized carbons (Fsp3) is 0.538. The number of alkyl halides is 2. The van der Waals surface area contributed by atoms with Gasteiger partial charge in [0, 0.05) is 23.4 Å². The monoisotopic (exact) mass is 306 g/mol. The third-order valence-corrected chi connectivity index (χ3v) is 4.59. The molecule has 0 bridgehead atoms. The SMILES string of the molecule is CSC1CCCC1Nc1cc(OC(F)F)c(F)cc1N. The Morgan fingerprint density at radius 3 is 2.80 bits per heavy atom. The number of nitrogens with one attached hydrogen (secondary N) is 1. The van der Waals surface area contributed by atoms with E-state index in [1.165, 1.54) is 6.07 Å². The van der Waals surface area contributed by atoms with Gasteiger partial charge in [0.1, 0.15) is 0 Å². The molecule has 0 saturated heterocycles. The Morgan fingerprint density at radius 2 is 2.15 bits per heavy atom. The Hall–Kier alpha value is -1.24. The first-order valence-electron chi connectivity index (χ1n) is 6.34. The van der Waals surface area contributed by atoms with Crippen LogP contribution >= 0.6 is 11.8 Å². The van der Waals surface area contributed by atoms with Crippen LogP contribution in [0, 0.1) is 5.82 Å². The van der Waals surface area contributed by atoms with E-state index in [0.717, 1.165) is 25.3 Å². The third kappa shape index (κ3) is 3.45. The smallest absolute Gasteiger partial charge is 0.387 e. The number of nitrogens with two attached hydrogens (primary N) is 1. The highest BCUT2D eigenvalue weighted by Crippen LogP contribution is 2.34. The van der Waals surface area contributed by atoms with E-state index in [9.17, 15) is 13.2 Å². The maximum Gasteiger partial charge on any atom is 0.387 e. The number of benzene rings is 1. The van der Waals surface area contributed by atoms with Crippen LogP contribution in [0.4, 0.5) is 24.5 Å². The van der Waals surface area contributed by atoms with Crippen molar-refractivity contribution in [1.82, 2.24) is 0 Å². The summed E-state index contributed by atoms with van der Waals surface area (Å²) >= 11 is 1.75. The quantitative estimate of drug-likeness (QED) is 0.814. The minimum Gasteiger partial charge on any atom is -0.432 e. The molecule has 20 heavy (non-hydrogen) atoms. The van der Waals surface area contributed by atoms with E-state index in [0.29, 0.717) is 10.9 Å². The molecule has 3 N–H and O–H groups in total. The number of anilines is 2. The molecular formula is C13H17F3N2OS. The number of nitrogen functional groups attached to an aromatic ring is 1. The molecule has 1 aliphatic carbocycles. The highest BCUT2D eigenvalue weighted by Gasteiger charge is 2.27. The predicted molar refractivity (Wildman–Crippen MR) is 76.0 cm³/mol. The Balaban J connectivity index is 2.18. The molecule has 0 amide bonds. The lowest BCUT2D eigenvalue weighted by atomic mass is 10.2. The molecule has 3 nitrogen and oxygen atoms in total. The lowest BCUT2D eigenvalue weighted by molar-refractivity contribution is -0.0521. The topological polar surface area (TPSA) is 47.3 Å². The number of ether oxygens (including phenoxy) is 1. The average Bonchev–Trinajstić information content (AvgIpc) is 2.82. The summed E-state index contributed by atoms with van der Waals surface area (Å²) in [7, 11) is 0. The van der Waals surface area contributed by atoms with Crippen LogP contribution in [0.3, 0.4) is 0 Å². The second-order valence-electron chi connectivity index (χ2n) is 4.70. The summed E-state index contributed by atoms with van der Waals surface area (Å²) in [6.07, 6.45) is 5.21. The van der Waals surface area contributed by atoms with Gasteiger partial charge >= 0.3 is 6.61 Å². The highest BCUT2D eigenvalue weighted by atomic mass is 32.2. The van der Waals surface area contributed by atoms with Gasteiger partial charge in [-0.25, -0.2) is 4.39 Å². The second kappa shape index (κ2) is 6.47. The molecule has 1 aromatic carbocycles. The van der Waals surface area contributed by atoms with Gasteiger partial charge in [-0.15, -0.1) is 0 Å². The Labute approximate surface area is 120 Å². The van der Waals surface area contributed by atoms with Crippen LogP contribution in [0.2, 0.25) is 0 Å². The van der Waals surface area contributed by atoms with Crippen molar-refractivity contribution >= 4 is 23.1 Å². The maximum atomic E-state index is 13.5. The van der Waals surface area contributed by atoms with Crippen LogP contribution in [0.25, 0.3) is 0 Å². The number of thioether (sulfide) groups is 1. The molecule has 7 heteroatoms. The van der Waals surface area contributed by atoms with Crippen LogP contribution in [-0.2, 0) is 0 Å². The number of rotatable bonds is 5. The molecule has 2 atom stereocenters. The van der Waals surface area contributed by atoms with Gasteiger partial charge in [-0.1, -0.05) is 6.42 Å². The zero-order valence-electron chi connectivity index (χ0n) is 11.0. The van der Waals surface area contributed by atoms with Gasteiger partial charge in [0.2, 0.25) is 0 Å². The van der Waals surface area contributed by atoms with E-state index in [2.05, 4.69) is 10.1 Å². The van der Waals surface area contributed by atoms with Gasteiger partial charge in [0.05, 0.1) is 11.4 Å². The molecular weight excluding hydrogens is 289 g/mol. The summed E-state index contributed by atoms with van der Waals surface area (Å²) in [4.78, 5) is 0. The van der Waals surface area contributed by atoms with Crippen molar-refractivity contribution < 1.29 is 17.9 Å². The van der Waals surface area contributed by atoms with Crippen molar-refractivity contribution in [2.45, 2.75) is 37.2 Å². The van der Waals surface area contributed by atoms with E-state index >= 15 is 0 Å². The van der Waals surface area contributed by atoms with E-state index < -0.39 is 18.2 Å². The molecule has 0 aliphatic heterocycles. The largest absolute Gasteiger partial charge is 0.432 e. The Kier molecular flexibility index (Phi) is 4.91. The molecule has 1 aromatic rings. The summed E-state index contributed by atoms with van der Waals surface area (Å²) in [6, 6.07) is 2.41. The first kappa shape index (κ1) is 15.2. The maximum absolute atomic E-state index is 13.5. The standard InChI is InChI=1S/C13H17F3N2OS/c1-20-12-4-2-3-9(12)18-10-6-11(19-13(15)16)7(14)5-8(10)17/h5-6,9,12-13,18H,2-4,17H2,1H3. The van der Waals surface area contributed by atoms with Gasteiger partial charge in [-0.2, -0.15) is 20.5 Å². The van der Waals surface area contributed by atoms with Crippen LogP contribution < -0.4 is 15.8 Å². The molecule has 1 saturated carbocycles. The fourth-order valence-electron chi connectivity index (χ4n) is 2.45. The number of hydrogen-bond donors (Lipinski definition) is 2. The molecule has 1 aliphatic rings. The second-order valence-corrected chi connectivity index (χ2v) is 5.78. The van der Waals surface area contributed by atoms with Crippen molar-refractivity contribution in [2.75, 3.05) is 17.3 Å². The van der Waals surface area contributed by atoms with Crippen molar-refractivity contribution in [3.63, 3.8) is 0 Å². The summed E-state index contributed by atoms with van der Waals surface area (Å²) in [5.74, 6) is -1.38. The van der Waals surface area contributed by atoms with Crippen LogP contribution in [0.15, 0.2) is 12.1 Å². The molecule has 1 fully saturated rings. The average molecular weight is 306 g/mol. The van der Waals surface area contributed by atoms with Crippen molar-refractivity contribution in [1.29, 1.82) is 0 Å². The normalized spacial score (nSPS) is 22.2. The highest BCUT2D eigenvalue weighted by molar-refractivity contribution is 7.99. The summed E-state index contributed by atoms with van der Waals surface area (Å²) in [5.41, 5.74) is 6.36. The Bertz CT molecular complexity index is 473. The first-order valence-corrected chi connectivity index (χ1v) is 7.63. The molecule has 0 heterocycles. The Morgan fingerprint density at radius 1 is 1.40 bits per heavy atom. The molecule has 2 rings (SSSR count). The summed E-state index contributed by atoms with van der Waals surface area (Å²) < 4.78 is 42.0. The molecule has 0 aromatic heterocycles. The zero-order valence-corrected chi connectivity index (χ0v) is 11.9. The minimum atomic E-state index is -3.06. The fourth-order valence-corrected chi connectivity index (χ4v) is 3.39. The van der Waals surface area contributed by atoms with E-state index in [1.54, 1.807) is 11.8 Å². The zero-order chi connectivity index (χ0) is 14.7. The number of halogens is 3. The van der Waals surface area contributed by atoms with Crippen molar-refractivity contribution in [3.8, 4) is 5.75 Å². The van der Waals surface area contributed by atoms with Gasteiger partial charge in [0.15, 0.2) is 11.6 Å². The predicted octanol–water partition coefficient (Wildman–Crippen LogP) is 3.71. The molecule has 2 unspecified atom stereocenters. The van der Waals surface area contributed by atoms with Gasteiger partial charge in [-0.05, 0) is 19.1 Å². The number of hydrogen-bond acceptors (Lipinski definition) is 4. The van der Waals surface area contributed by atoms with E-state index in [4.69, 9.17) is 5.73 Å². The third-order valence-electron chi connectivity index (χ3n) is 3.42. The van der Waals surface area contributed by atoms with Crippen molar-refractivity contribution in [2.24, 2.45) is 0 Å². The first-order chi connectivity index (χ1) is 9.51. The lowest BCUT2D eigenvalue weighted by Crippen LogP contribution is -2.26.